The largest absolute Gasteiger partial charge is 0.507 e. The van der Waals surface area contributed by atoms with Gasteiger partial charge in [-0.05, 0) is 37.6 Å². The lowest BCUT2D eigenvalue weighted by Gasteiger charge is -2.38. The van der Waals surface area contributed by atoms with Crippen molar-refractivity contribution in [3.8, 4) is 11.5 Å². The number of nitrogens with one attached hydrogen (secondary N) is 1. The van der Waals surface area contributed by atoms with Gasteiger partial charge in [0.1, 0.15) is 17.3 Å². The Hall–Kier alpha value is -2.92. The fraction of sp³-hybridized carbons (Fsp3) is 0.417. The number of methoxy groups -OCH3 is 2. The molecule has 2 atom stereocenters. The van der Waals surface area contributed by atoms with Crippen LogP contribution in [0.2, 0.25) is 5.02 Å². The summed E-state index contributed by atoms with van der Waals surface area (Å²) in [5.41, 5.74) is 6.54. The predicted molar refractivity (Wildman–Crippen MR) is 131 cm³/mol. The molecule has 1 aliphatic heterocycles. The summed E-state index contributed by atoms with van der Waals surface area (Å²) < 4.78 is 24.0. The fourth-order valence-corrected chi connectivity index (χ4v) is 4.25. The maximum Gasteiger partial charge on any atom is 0.255 e. The molecule has 192 valence electrons. The molecule has 0 bridgehead atoms. The molecule has 2 aromatic carbocycles. The molecule has 1 aliphatic rings. The topological polar surface area (TPSA) is 146 Å². The number of nitrogens with zero attached hydrogens (tertiary/aromatic N) is 1. The molecule has 1 saturated heterocycles. The van der Waals surface area contributed by atoms with Crippen LogP contribution in [0.25, 0.3) is 0 Å². The molecule has 11 heteroatoms. The van der Waals surface area contributed by atoms with Gasteiger partial charge in [-0.2, -0.15) is 0 Å². The first-order valence-corrected chi connectivity index (χ1v) is 11.3. The second-order valence-electron chi connectivity index (χ2n) is 8.21. The number of benzene rings is 2. The van der Waals surface area contributed by atoms with Crippen molar-refractivity contribution in [2.75, 3.05) is 39.6 Å². The van der Waals surface area contributed by atoms with E-state index in [0.717, 1.165) is 12.1 Å². The molecule has 0 radical (unpaired) electrons. The first-order valence-electron chi connectivity index (χ1n) is 10.9. The van der Waals surface area contributed by atoms with E-state index in [0.29, 0.717) is 49.5 Å². The van der Waals surface area contributed by atoms with Gasteiger partial charge in [0.2, 0.25) is 0 Å². The molecular formula is C24H31ClFN3O6. The molecule has 0 spiro atoms. The number of anilines is 1. The van der Waals surface area contributed by atoms with E-state index in [1.54, 1.807) is 7.11 Å². The third-order valence-corrected chi connectivity index (χ3v) is 6.29. The second-order valence-corrected chi connectivity index (χ2v) is 8.61. The highest BCUT2D eigenvalue weighted by atomic mass is 35.5. The average Bonchev–Trinajstić information content (AvgIpc) is 2.81. The van der Waals surface area contributed by atoms with Crippen LogP contribution in [0.1, 0.15) is 40.0 Å². The van der Waals surface area contributed by atoms with E-state index < -0.39 is 5.82 Å². The molecule has 35 heavy (non-hydrogen) atoms. The molecule has 9 nitrogen and oxygen atoms in total. The van der Waals surface area contributed by atoms with Gasteiger partial charge in [-0.25, -0.2) is 4.39 Å². The summed E-state index contributed by atoms with van der Waals surface area (Å²) in [4.78, 5) is 27.4. The molecule has 2 aromatic rings. The summed E-state index contributed by atoms with van der Waals surface area (Å²) in [6.45, 7) is 1.94. The number of amides is 1. The zero-order valence-electron chi connectivity index (χ0n) is 19.6. The molecule has 1 fully saturated rings. The van der Waals surface area contributed by atoms with Gasteiger partial charge in [0.15, 0.2) is 5.78 Å². The van der Waals surface area contributed by atoms with Crippen molar-refractivity contribution in [1.29, 1.82) is 0 Å². The molecule has 0 aliphatic carbocycles. The van der Waals surface area contributed by atoms with Gasteiger partial charge in [0, 0.05) is 38.8 Å². The molecular weight excluding hydrogens is 481 g/mol. The summed E-state index contributed by atoms with van der Waals surface area (Å²) in [7, 11) is 3.05. The van der Waals surface area contributed by atoms with E-state index in [2.05, 4.69) is 10.2 Å². The Bertz CT molecular complexity index is 1050. The number of likely N-dealkylation sites (tertiary alicyclic amines) is 1. The number of hydrogen-bond acceptors (Lipinski definition) is 7. The number of aromatic hydroxyl groups is 1. The van der Waals surface area contributed by atoms with Gasteiger partial charge in [-0.3, -0.25) is 9.59 Å². The minimum absolute atomic E-state index is 0. The first kappa shape index (κ1) is 28.3. The second kappa shape index (κ2) is 12.7. The van der Waals surface area contributed by atoms with E-state index in [-0.39, 0.29) is 52.1 Å². The smallest absolute Gasteiger partial charge is 0.255 e. The first-order chi connectivity index (χ1) is 16.2. The van der Waals surface area contributed by atoms with Crippen molar-refractivity contribution in [2.45, 2.75) is 31.4 Å². The van der Waals surface area contributed by atoms with Crippen LogP contribution in [-0.4, -0.2) is 73.2 Å². The van der Waals surface area contributed by atoms with Gasteiger partial charge < -0.3 is 36.0 Å². The minimum Gasteiger partial charge on any atom is -0.507 e. The molecule has 1 amide bonds. The third-order valence-electron chi connectivity index (χ3n) is 5.96. The number of carbonyl (C=O) groups is 2. The number of hydrogen-bond donors (Lipinski definition) is 3. The Labute approximate surface area is 208 Å². The Morgan fingerprint density at radius 1 is 1.26 bits per heavy atom. The summed E-state index contributed by atoms with van der Waals surface area (Å²) in [6, 6.07) is 6.17. The number of nitrogens with two attached hydrogens (primary N) is 1. The van der Waals surface area contributed by atoms with Crippen molar-refractivity contribution in [3.05, 3.63) is 52.3 Å². The number of piperidine rings is 1. The number of ketones is 1. The number of carbonyl (C=O) groups excluding carboxylic acids is 2. The highest BCUT2D eigenvalue weighted by Crippen LogP contribution is 2.29. The van der Waals surface area contributed by atoms with Crippen LogP contribution in [-0.2, 0) is 4.74 Å². The van der Waals surface area contributed by atoms with Crippen LogP contribution in [0.15, 0.2) is 30.3 Å². The number of nitrogen functional groups attached to an aromatic ring is 1. The maximum absolute atomic E-state index is 13.1. The maximum atomic E-state index is 13.1. The van der Waals surface area contributed by atoms with Crippen molar-refractivity contribution in [3.63, 3.8) is 0 Å². The molecule has 0 saturated carbocycles. The lowest BCUT2D eigenvalue weighted by molar-refractivity contribution is 0.00605. The normalized spacial score (nSPS) is 17.9. The number of Topliss-reactive ketones (excluding diaryl/α,β-unsaturated/α-hetero) is 1. The average molecular weight is 512 g/mol. The minimum atomic E-state index is -0.590. The standard InChI is InChI=1S/C24H29ClFN3O5.H2O/c1-33-22-12-18(27)17(25)11-16(22)24(32)28-19-7-9-29(13-23(19)34-2)8-3-4-20(30)15-6-5-14(26)10-21(15)31;/h5-6,10-12,19,23,31H,3-4,7-9,13,27H2,1-2H3,(H,28,32);1H2/t19-,23+;/m0./s1. The fourth-order valence-electron chi connectivity index (χ4n) is 4.09. The summed E-state index contributed by atoms with van der Waals surface area (Å²) in [6.07, 6.45) is 1.21. The third kappa shape index (κ3) is 7.04. The van der Waals surface area contributed by atoms with Crippen molar-refractivity contribution >= 4 is 29.0 Å². The van der Waals surface area contributed by atoms with Gasteiger partial charge in [0.25, 0.3) is 5.91 Å². The van der Waals surface area contributed by atoms with E-state index in [1.165, 1.54) is 25.3 Å². The van der Waals surface area contributed by atoms with Crippen LogP contribution in [0.5, 0.6) is 11.5 Å². The van der Waals surface area contributed by atoms with Crippen LogP contribution >= 0.6 is 11.6 Å². The van der Waals surface area contributed by atoms with E-state index in [9.17, 15) is 19.1 Å². The van der Waals surface area contributed by atoms with Crippen LogP contribution in [0, 0.1) is 5.82 Å². The lowest BCUT2D eigenvalue weighted by Crippen LogP contribution is -2.54. The Morgan fingerprint density at radius 3 is 2.66 bits per heavy atom. The summed E-state index contributed by atoms with van der Waals surface area (Å²) in [5, 5.41) is 13.1. The lowest BCUT2D eigenvalue weighted by atomic mass is 10.00. The molecule has 6 N–H and O–H groups in total. The number of ether oxygens (including phenoxy) is 2. The number of halogens is 2. The van der Waals surface area contributed by atoms with E-state index >= 15 is 0 Å². The molecule has 1 heterocycles. The van der Waals surface area contributed by atoms with Crippen molar-refractivity contribution in [1.82, 2.24) is 10.2 Å². The SMILES string of the molecule is COc1cc(N)c(Cl)cc1C(=O)N[C@H]1CCN(CCCC(=O)c2ccc(F)cc2O)C[C@H]1OC.O. The van der Waals surface area contributed by atoms with Crippen molar-refractivity contribution in [2.24, 2.45) is 0 Å². The highest BCUT2D eigenvalue weighted by Gasteiger charge is 2.31. The molecule has 0 aromatic heterocycles. The van der Waals surface area contributed by atoms with Crippen LogP contribution < -0.4 is 15.8 Å². The zero-order valence-corrected chi connectivity index (χ0v) is 20.4. The summed E-state index contributed by atoms with van der Waals surface area (Å²) in [5.74, 6) is -1.17. The van der Waals surface area contributed by atoms with Gasteiger partial charge in [-0.1, -0.05) is 11.6 Å². The number of phenolic OH excluding ortho intramolecular Hbond substituents is 1. The molecule has 0 unspecified atom stereocenters. The quantitative estimate of drug-likeness (QED) is 0.346. The van der Waals surface area contributed by atoms with E-state index in [1.807, 2.05) is 0 Å². The highest BCUT2D eigenvalue weighted by molar-refractivity contribution is 6.33. The van der Waals surface area contributed by atoms with Gasteiger partial charge in [0.05, 0.1) is 41.1 Å². The predicted octanol–water partition coefficient (Wildman–Crippen LogP) is 2.43. The number of phenols is 1. The van der Waals surface area contributed by atoms with Gasteiger partial charge >= 0.3 is 0 Å². The molecule has 3 rings (SSSR count). The summed E-state index contributed by atoms with van der Waals surface area (Å²) >= 11 is 6.08. The Morgan fingerprint density at radius 2 is 2.00 bits per heavy atom. The van der Waals surface area contributed by atoms with Crippen LogP contribution in [0.3, 0.4) is 0 Å². The van der Waals surface area contributed by atoms with E-state index in [4.69, 9.17) is 26.8 Å². The monoisotopic (exact) mass is 511 g/mol. The van der Waals surface area contributed by atoms with Crippen LogP contribution in [0.4, 0.5) is 10.1 Å². The Balaban J connectivity index is 0.00000432. The Kier molecular flexibility index (Phi) is 10.3. The number of rotatable bonds is 9. The zero-order chi connectivity index (χ0) is 24.8. The van der Waals surface area contributed by atoms with Crippen molar-refractivity contribution < 1.29 is 34.0 Å². The van der Waals surface area contributed by atoms with Gasteiger partial charge in [-0.15, -0.1) is 0 Å².